The molecule has 0 radical (unpaired) electrons. The van der Waals surface area contributed by atoms with E-state index in [0.29, 0.717) is 19.0 Å². The van der Waals surface area contributed by atoms with E-state index in [1.165, 1.54) is 0 Å². The molecule has 98 valence electrons. The van der Waals surface area contributed by atoms with Crippen molar-refractivity contribution in [1.29, 1.82) is 0 Å². The van der Waals surface area contributed by atoms with Crippen LogP contribution >= 0.6 is 23.4 Å². The minimum atomic E-state index is -4.12. The van der Waals surface area contributed by atoms with Crippen LogP contribution in [0.2, 0.25) is 0 Å². The maximum atomic E-state index is 11.8. The van der Waals surface area contributed by atoms with Crippen LogP contribution in [0.4, 0.5) is 13.2 Å². The molecule has 0 aromatic rings. The van der Waals surface area contributed by atoms with Gasteiger partial charge in [0, 0.05) is 24.7 Å². The summed E-state index contributed by atoms with van der Waals surface area (Å²) in [5.74, 6) is 0.592. The maximum Gasteiger partial charge on any atom is 0.441 e. The van der Waals surface area contributed by atoms with Crippen molar-refractivity contribution in [2.75, 3.05) is 24.7 Å². The topological polar surface area (TPSA) is 12.0 Å². The molecule has 0 atom stereocenters. The molecule has 6 heteroatoms. The summed E-state index contributed by atoms with van der Waals surface area (Å²) in [5, 5.41) is 3.05. The van der Waals surface area contributed by atoms with Gasteiger partial charge < -0.3 is 5.32 Å². The zero-order valence-corrected chi connectivity index (χ0v) is 11.2. The second-order valence-corrected chi connectivity index (χ2v) is 5.24. The van der Waals surface area contributed by atoms with Gasteiger partial charge >= 0.3 is 5.51 Å². The second kappa shape index (κ2) is 7.67. The fraction of sp³-hybridized carbons (Fsp3) is 1.00. The van der Waals surface area contributed by atoms with E-state index in [9.17, 15) is 13.2 Å². The normalized spacial score (nSPS) is 13.1. The zero-order chi connectivity index (χ0) is 12.7. The monoisotopic (exact) mass is 277 g/mol. The molecular formula is C10H19ClF3NS. The summed E-state index contributed by atoms with van der Waals surface area (Å²) < 4.78 is 35.5. The molecule has 0 rings (SSSR count). The molecule has 0 aliphatic carbocycles. The Morgan fingerprint density at radius 1 is 1.19 bits per heavy atom. The smallest absolute Gasteiger partial charge is 0.315 e. The molecule has 0 unspecified atom stereocenters. The second-order valence-electron chi connectivity index (χ2n) is 3.81. The third-order valence-electron chi connectivity index (χ3n) is 2.83. The average molecular weight is 278 g/mol. The first-order valence-corrected chi connectivity index (χ1v) is 6.88. The van der Waals surface area contributed by atoms with E-state index in [1.807, 2.05) is 0 Å². The van der Waals surface area contributed by atoms with E-state index in [0.717, 1.165) is 12.8 Å². The lowest BCUT2D eigenvalue weighted by atomic mass is 9.84. The highest BCUT2D eigenvalue weighted by Gasteiger charge is 2.28. The molecule has 1 nitrogen and oxygen atoms in total. The Kier molecular flexibility index (Phi) is 7.85. The van der Waals surface area contributed by atoms with Crippen LogP contribution in [0.25, 0.3) is 0 Å². The van der Waals surface area contributed by atoms with Crippen LogP contribution in [0.15, 0.2) is 0 Å². The summed E-state index contributed by atoms with van der Waals surface area (Å²) in [6.07, 6.45) is 1.87. The molecule has 0 heterocycles. The Morgan fingerprint density at radius 2 is 1.75 bits per heavy atom. The Hall–Kier alpha value is 0.390. The summed E-state index contributed by atoms with van der Waals surface area (Å²) in [6, 6.07) is 0. The van der Waals surface area contributed by atoms with Gasteiger partial charge in [-0.25, -0.2) is 0 Å². The summed E-state index contributed by atoms with van der Waals surface area (Å²) in [5.41, 5.74) is -4.11. The highest BCUT2D eigenvalue weighted by molar-refractivity contribution is 8.00. The van der Waals surface area contributed by atoms with Crippen molar-refractivity contribution in [3.8, 4) is 0 Å². The van der Waals surface area contributed by atoms with Crippen LogP contribution in [-0.2, 0) is 0 Å². The first-order valence-electron chi connectivity index (χ1n) is 5.36. The van der Waals surface area contributed by atoms with E-state index < -0.39 is 5.51 Å². The molecule has 0 amide bonds. The predicted octanol–water partition coefficient (Wildman–Crippen LogP) is 3.87. The molecule has 0 aromatic heterocycles. The first kappa shape index (κ1) is 16.4. The van der Waals surface area contributed by atoms with Crippen LogP contribution in [0.1, 0.15) is 26.7 Å². The van der Waals surface area contributed by atoms with E-state index >= 15 is 0 Å². The van der Waals surface area contributed by atoms with E-state index in [1.54, 1.807) is 0 Å². The molecule has 1 N–H and O–H groups in total. The molecule has 0 aliphatic rings. The third kappa shape index (κ3) is 6.86. The Balaban J connectivity index is 3.71. The molecule has 0 aliphatic heterocycles. The van der Waals surface area contributed by atoms with Gasteiger partial charge in [-0.05, 0) is 30.0 Å². The lowest BCUT2D eigenvalue weighted by molar-refractivity contribution is -0.0327. The van der Waals surface area contributed by atoms with E-state index in [-0.39, 0.29) is 22.9 Å². The van der Waals surface area contributed by atoms with Gasteiger partial charge in [-0.1, -0.05) is 13.8 Å². The highest BCUT2D eigenvalue weighted by Crippen LogP contribution is 2.30. The van der Waals surface area contributed by atoms with E-state index in [2.05, 4.69) is 19.2 Å². The highest BCUT2D eigenvalue weighted by atomic mass is 35.5. The van der Waals surface area contributed by atoms with Crippen molar-refractivity contribution in [1.82, 2.24) is 5.32 Å². The minimum Gasteiger partial charge on any atom is -0.315 e. The van der Waals surface area contributed by atoms with Gasteiger partial charge in [0.1, 0.15) is 0 Å². The Morgan fingerprint density at radius 3 is 2.12 bits per heavy atom. The number of hydrogen-bond donors (Lipinski definition) is 1. The summed E-state index contributed by atoms with van der Waals surface area (Å²) in [7, 11) is 0. The van der Waals surface area contributed by atoms with Crippen molar-refractivity contribution < 1.29 is 13.2 Å². The number of hydrogen-bond acceptors (Lipinski definition) is 2. The lowest BCUT2D eigenvalue weighted by Gasteiger charge is -2.29. The number of thioether (sulfide) groups is 1. The fourth-order valence-corrected chi connectivity index (χ4v) is 2.28. The fourth-order valence-electron chi connectivity index (χ4n) is 1.33. The molecule has 0 bridgehead atoms. The maximum absolute atomic E-state index is 11.8. The van der Waals surface area contributed by atoms with Crippen molar-refractivity contribution >= 4 is 23.4 Å². The predicted molar refractivity (Wildman–Crippen MR) is 65.1 cm³/mol. The molecule has 0 saturated carbocycles. The van der Waals surface area contributed by atoms with Crippen LogP contribution in [0.3, 0.4) is 0 Å². The molecule has 0 saturated heterocycles. The standard InChI is InChI=1S/C10H19ClF3NS/c1-3-9(4-2,7-11)8-15-5-6-16-10(12,13)14/h15H,3-8H2,1-2H3. The zero-order valence-electron chi connectivity index (χ0n) is 9.66. The Bertz CT molecular complexity index is 175. The SMILES string of the molecule is CCC(CC)(CCl)CNCCSC(F)(F)F. The number of nitrogens with one attached hydrogen (secondary N) is 1. The van der Waals surface area contributed by atoms with Crippen molar-refractivity contribution in [2.24, 2.45) is 5.41 Å². The summed E-state index contributed by atoms with van der Waals surface area (Å²) in [4.78, 5) is 0. The molecule has 0 spiro atoms. The molecule has 0 aromatic carbocycles. The third-order valence-corrected chi connectivity index (χ3v) is 4.13. The van der Waals surface area contributed by atoms with Crippen molar-refractivity contribution in [2.45, 2.75) is 32.2 Å². The van der Waals surface area contributed by atoms with Crippen molar-refractivity contribution in [3.63, 3.8) is 0 Å². The number of rotatable bonds is 8. The number of alkyl halides is 4. The first-order chi connectivity index (χ1) is 7.39. The molecule has 0 fully saturated rings. The minimum absolute atomic E-state index is 0.0115. The molecule has 16 heavy (non-hydrogen) atoms. The van der Waals surface area contributed by atoms with Crippen LogP contribution in [0, 0.1) is 5.41 Å². The van der Waals surface area contributed by atoms with E-state index in [4.69, 9.17) is 11.6 Å². The summed E-state index contributed by atoms with van der Waals surface area (Å²) >= 11 is 5.90. The van der Waals surface area contributed by atoms with Gasteiger partial charge in [0.15, 0.2) is 0 Å². The van der Waals surface area contributed by atoms with Crippen LogP contribution in [-0.4, -0.2) is 30.2 Å². The lowest BCUT2D eigenvalue weighted by Crippen LogP contribution is -2.36. The van der Waals surface area contributed by atoms with Crippen molar-refractivity contribution in [3.05, 3.63) is 0 Å². The van der Waals surface area contributed by atoms with Gasteiger partial charge in [0.25, 0.3) is 0 Å². The number of halogens is 4. The van der Waals surface area contributed by atoms with Crippen LogP contribution < -0.4 is 5.32 Å². The van der Waals surface area contributed by atoms with Gasteiger partial charge in [0.05, 0.1) is 0 Å². The quantitative estimate of drug-likeness (QED) is 0.534. The molecular weight excluding hydrogens is 259 g/mol. The Labute approximate surface area is 104 Å². The average Bonchev–Trinajstić information content (AvgIpc) is 2.23. The van der Waals surface area contributed by atoms with Gasteiger partial charge in [-0.15, -0.1) is 11.6 Å². The largest absolute Gasteiger partial charge is 0.441 e. The van der Waals surface area contributed by atoms with Gasteiger partial charge in [-0.3, -0.25) is 0 Å². The van der Waals surface area contributed by atoms with Gasteiger partial charge in [0.2, 0.25) is 0 Å². The summed E-state index contributed by atoms with van der Waals surface area (Å²) in [6.45, 7) is 5.15. The van der Waals surface area contributed by atoms with Gasteiger partial charge in [-0.2, -0.15) is 13.2 Å². The van der Waals surface area contributed by atoms with Crippen LogP contribution in [0.5, 0.6) is 0 Å².